The van der Waals surface area contributed by atoms with Crippen molar-refractivity contribution in [3.8, 4) is 0 Å². The predicted octanol–water partition coefficient (Wildman–Crippen LogP) is -4.66. The van der Waals surface area contributed by atoms with Gasteiger partial charge in [0.25, 0.3) is 10.1 Å². The van der Waals surface area contributed by atoms with Crippen LogP contribution >= 0.6 is 7.60 Å². The van der Waals surface area contributed by atoms with Gasteiger partial charge in [-0.05, 0) is 30.4 Å². The van der Waals surface area contributed by atoms with E-state index in [4.69, 9.17) is 14.3 Å². The maximum atomic E-state index is 11.2. The Morgan fingerprint density at radius 3 is 2.04 bits per heavy atom. The summed E-state index contributed by atoms with van der Waals surface area (Å²) in [5.74, 6) is 0. The van der Waals surface area contributed by atoms with Crippen molar-refractivity contribution in [2.45, 2.75) is 56.9 Å². The van der Waals surface area contributed by atoms with Gasteiger partial charge in [-0.3, -0.25) is 9.12 Å². The van der Waals surface area contributed by atoms with Gasteiger partial charge < -0.3 is 14.1 Å². The summed E-state index contributed by atoms with van der Waals surface area (Å²) in [6, 6.07) is 7.72. The van der Waals surface area contributed by atoms with Gasteiger partial charge in [0.2, 0.25) is 0 Å². The van der Waals surface area contributed by atoms with Gasteiger partial charge in [-0.1, -0.05) is 69.0 Å². The summed E-state index contributed by atoms with van der Waals surface area (Å²) < 4.78 is 42.2. The smallest absolute Gasteiger partial charge is 1.00 e. The predicted molar refractivity (Wildman–Crippen MR) is 103 cm³/mol. The molecule has 148 valence electrons. The molecule has 6 nitrogen and oxygen atoms in total. The molecular weight excluding hydrogens is 481 g/mol. The van der Waals surface area contributed by atoms with E-state index in [1.54, 1.807) is 6.08 Å². The maximum Gasteiger partial charge on any atom is 1.00 e. The van der Waals surface area contributed by atoms with Crippen molar-refractivity contribution in [3.63, 3.8) is 0 Å². The van der Waals surface area contributed by atoms with Crippen LogP contribution in [0.5, 0.6) is 0 Å². The van der Waals surface area contributed by atoms with E-state index in [1.165, 1.54) is 37.3 Å². The zero-order valence-corrected chi connectivity index (χ0v) is 28.5. The maximum absolute atomic E-state index is 11.2. The van der Waals surface area contributed by atoms with Gasteiger partial charge in [-0.15, -0.1) is 0 Å². The molecule has 0 aromatic heterocycles. The third kappa shape index (κ3) is 16.5. The summed E-state index contributed by atoms with van der Waals surface area (Å²) in [6.07, 6.45) is 9.59. The van der Waals surface area contributed by atoms with Crippen molar-refractivity contribution in [2.24, 2.45) is 0 Å². The Labute approximate surface area is 301 Å². The normalized spacial score (nSPS) is 12.6. The van der Waals surface area contributed by atoms with Crippen LogP contribution in [0.4, 0.5) is 0 Å². The molecule has 1 atom stereocenters. The number of hydrogen-bond donors (Lipinski definition) is 3. The second kappa shape index (κ2) is 19.3. The van der Waals surface area contributed by atoms with Crippen LogP contribution in [0.1, 0.15) is 60.9 Å². The van der Waals surface area contributed by atoms with Crippen molar-refractivity contribution >= 4 is 23.8 Å². The first-order valence-corrected chi connectivity index (χ1v) is 11.6. The molecule has 1 rings (SSSR count). The van der Waals surface area contributed by atoms with E-state index in [0.717, 1.165) is 18.4 Å². The van der Waals surface area contributed by atoms with E-state index in [-0.39, 0.29) is 158 Å². The van der Waals surface area contributed by atoms with Crippen molar-refractivity contribution < 1.29 is 186 Å². The fourth-order valence-corrected chi connectivity index (χ4v) is 4.62. The molecule has 0 aliphatic heterocycles. The van der Waals surface area contributed by atoms with Crippen molar-refractivity contribution in [2.75, 3.05) is 0 Å². The second-order valence-corrected chi connectivity index (χ2v) is 9.85. The number of benzene rings is 1. The molecule has 0 fully saturated rings. The molecule has 0 spiro atoms. The summed E-state index contributed by atoms with van der Waals surface area (Å²) >= 11 is 0. The largest absolute Gasteiger partial charge is 1.00 e. The van der Waals surface area contributed by atoms with Crippen molar-refractivity contribution in [3.05, 3.63) is 41.5 Å². The Balaban J connectivity index is -0.000000260. The molecule has 0 aliphatic carbocycles. The Morgan fingerprint density at radius 2 is 1.57 bits per heavy atom. The SMILES string of the molecule is CCCCCCCc1ccc(/C=C/CC(P(=O)(O)O)S(=O)(=O)O)cc1.[H-].[H-].[H-].[K+].[K+].[K+]. The van der Waals surface area contributed by atoms with Gasteiger partial charge >= 0.3 is 162 Å². The molecule has 1 unspecified atom stereocenters. The molecule has 1 aromatic carbocycles. The fourth-order valence-electron chi connectivity index (χ4n) is 2.48. The minimum Gasteiger partial charge on any atom is -1.00 e. The summed E-state index contributed by atoms with van der Waals surface area (Å²) in [5, 5.41) is 0. The fraction of sp³-hybridized carbons (Fsp3) is 0.529. The van der Waals surface area contributed by atoms with Gasteiger partial charge in [-0.25, -0.2) is 0 Å². The molecule has 0 saturated heterocycles. The van der Waals surface area contributed by atoms with E-state index in [0.29, 0.717) is 0 Å². The molecular formula is C17H30K3O6PS. The molecule has 0 saturated carbocycles. The van der Waals surface area contributed by atoms with Gasteiger partial charge in [0, 0.05) is 0 Å². The van der Waals surface area contributed by atoms with Crippen LogP contribution in [0.25, 0.3) is 6.08 Å². The minimum absolute atomic E-state index is 0. The number of aryl methyl sites for hydroxylation is 1. The first-order valence-electron chi connectivity index (χ1n) is 8.41. The molecule has 0 heterocycles. The summed E-state index contributed by atoms with van der Waals surface area (Å²) in [7, 11) is -9.75. The zero-order valence-electron chi connectivity index (χ0n) is 20.4. The number of allylic oxidation sites excluding steroid dienone is 1. The molecule has 1 aromatic rings. The quantitative estimate of drug-likeness (QED) is 0.119. The topological polar surface area (TPSA) is 112 Å². The number of rotatable bonds is 11. The molecule has 0 radical (unpaired) electrons. The van der Waals surface area contributed by atoms with Crippen molar-refractivity contribution in [1.82, 2.24) is 0 Å². The van der Waals surface area contributed by atoms with Gasteiger partial charge in [0.05, 0.1) is 0 Å². The zero-order chi connectivity index (χ0) is 18.9. The van der Waals surface area contributed by atoms with Crippen LogP contribution < -0.4 is 154 Å². The van der Waals surface area contributed by atoms with Crippen LogP contribution in [0, 0.1) is 0 Å². The molecule has 0 amide bonds. The first kappa shape index (κ1) is 36.5. The van der Waals surface area contributed by atoms with E-state index in [1.807, 2.05) is 24.3 Å². The number of unbranched alkanes of at least 4 members (excludes halogenated alkanes) is 4. The average molecular weight is 511 g/mol. The van der Waals surface area contributed by atoms with E-state index >= 15 is 0 Å². The van der Waals surface area contributed by atoms with Crippen LogP contribution in [0.2, 0.25) is 0 Å². The number of hydrogen-bond acceptors (Lipinski definition) is 3. The first-order chi connectivity index (χ1) is 11.6. The van der Waals surface area contributed by atoms with E-state index in [2.05, 4.69) is 6.92 Å². The Kier molecular flexibility index (Phi) is 25.1. The van der Waals surface area contributed by atoms with E-state index in [9.17, 15) is 13.0 Å². The van der Waals surface area contributed by atoms with Crippen LogP contribution in [0.3, 0.4) is 0 Å². The van der Waals surface area contributed by atoms with Crippen LogP contribution in [0.15, 0.2) is 30.3 Å². The Bertz CT molecular complexity index is 718. The molecule has 0 aliphatic rings. The summed E-state index contributed by atoms with van der Waals surface area (Å²) in [6.45, 7) is 2.18. The molecule has 0 bridgehead atoms. The molecule has 28 heavy (non-hydrogen) atoms. The van der Waals surface area contributed by atoms with Gasteiger partial charge in [0.1, 0.15) is 0 Å². The summed E-state index contributed by atoms with van der Waals surface area (Å²) in [5.41, 5.74) is 2.02. The van der Waals surface area contributed by atoms with Gasteiger partial charge in [0.15, 0.2) is 4.99 Å². The molecule has 3 N–H and O–H groups in total. The van der Waals surface area contributed by atoms with Crippen molar-refractivity contribution in [1.29, 1.82) is 0 Å². The standard InChI is InChI=1S/C17H27O6PS.3K.3H/c1-2-3-4-5-6-8-15-11-13-16(14-12-15)9-7-10-17(24(18,19)20)25(21,22)23;;;;;;/h7,9,11-14,17H,2-6,8,10H2,1H3,(H2,18,19,20)(H,21,22,23);;;;;;/q;3*+1;3*-1/b9-7+;;;;;;. The Morgan fingerprint density at radius 1 is 1.04 bits per heavy atom. The minimum atomic E-state index is -4.94. The summed E-state index contributed by atoms with van der Waals surface area (Å²) in [4.78, 5) is 15.9. The van der Waals surface area contributed by atoms with Crippen LogP contribution in [-0.4, -0.2) is 27.7 Å². The average Bonchev–Trinajstić information content (AvgIpc) is 2.50. The molecule has 11 heteroatoms. The van der Waals surface area contributed by atoms with Crippen LogP contribution in [-0.2, 0) is 21.1 Å². The third-order valence-electron chi connectivity index (χ3n) is 3.92. The van der Waals surface area contributed by atoms with E-state index < -0.39 is 29.1 Å². The van der Waals surface area contributed by atoms with Gasteiger partial charge in [-0.2, -0.15) is 8.42 Å². The monoisotopic (exact) mass is 510 g/mol. The second-order valence-electron chi connectivity index (χ2n) is 6.10. The third-order valence-corrected chi connectivity index (χ3v) is 7.38. The Hall–Kier alpha value is 3.93.